The minimum atomic E-state index is -1.42. The molecular formula is C30H29FN6O2. The van der Waals surface area contributed by atoms with Crippen LogP contribution in [-0.2, 0) is 0 Å². The van der Waals surface area contributed by atoms with Gasteiger partial charge in [-0.3, -0.25) is 14.3 Å². The summed E-state index contributed by atoms with van der Waals surface area (Å²) >= 11 is 0. The fourth-order valence-electron chi connectivity index (χ4n) is 5.52. The number of nitrogens with zero attached hydrogens (tertiary/aromatic N) is 5. The predicted octanol–water partition coefficient (Wildman–Crippen LogP) is 3.49. The first kappa shape index (κ1) is 25.0. The molecular weight excluding hydrogens is 495 g/mol. The van der Waals surface area contributed by atoms with E-state index in [-0.39, 0.29) is 5.56 Å². The molecule has 2 aromatic heterocycles. The van der Waals surface area contributed by atoms with Crippen LogP contribution < -0.4 is 15.8 Å². The van der Waals surface area contributed by atoms with E-state index in [0.717, 1.165) is 37.3 Å². The van der Waals surface area contributed by atoms with Crippen LogP contribution in [0.25, 0.3) is 16.7 Å². The van der Waals surface area contributed by atoms with Crippen molar-refractivity contribution in [2.75, 3.05) is 43.0 Å². The molecule has 2 aliphatic rings. The number of aromatic nitrogens is 3. The Morgan fingerprint density at radius 1 is 1.08 bits per heavy atom. The Balaban J connectivity index is 1.17. The lowest BCUT2D eigenvalue weighted by atomic mass is 9.91. The maximum atomic E-state index is 14.1. The van der Waals surface area contributed by atoms with Gasteiger partial charge < -0.3 is 15.3 Å². The van der Waals surface area contributed by atoms with Crippen molar-refractivity contribution in [1.29, 1.82) is 0 Å². The number of likely N-dealkylation sites (tertiary alicyclic amines) is 1. The molecule has 0 bridgehead atoms. The second kappa shape index (κ2) is 10.1. The minimum Gasteiger partial charge on any atom is -0.393 e. The molecule has 198 valence electrons. The first-order valence-electron chi connectivity index (χ1n) is 13.1. The SMILES string of the molecule is C#Cc1cc(=O)n(-c2ccccc2)c2nc(Nc3ccc(N4CCC(N5CC(F)(CO)C5)CC4)cc3)ncc12. The molecule has 0 unspecified atom stereocenters. The number of halogens is 1. The van der Waals surface area contributed by atoms with Crippen molar-refractivity contribution in [2.45, 2.75) is 24.6 Å². The van der Waals surface area contributed by atoms with Crippen molar-refractivity contribution >= 4 is 28.4 Å². The van der Waals surface area contributed by atoms with Crippen LogP contribution in [0.1, 0.15) is 18.4 Å². The maximum absolute atomic E-state index is 14.1. The van der Waals surface area contributed by atoms with E-state index in [1.54, 1.807) is 6.20 Å². The summed E-state index contributed by atoms with van der Waals surface area (Å²) in [5.74, 6) is 2.93. The molecule has 0 atom stereocenters. The number of hydrogen-bond acceptors (Lipinski definition) is 7. The number of benzene rings is 2. The number of terminal acetylenes is 1. The average Bonchev–Trinajstić information content (AvgIpc) is 2.96. The zero-order valence-corrected chi connectivity index (χ0v) is 21.4. The quantitative estimate of drug-likeness (QED) is 0.374. The van der Waals surface area contributed by atoms with Crippen molar-refractivity contribution < 1.29 is 9.50 Å². The molecule has 0 spiro atoms. The van der Waals surface area contributed by atoms with Crippen LogP contribution in [-0.4, -0.2) is 69.0 Å². The van der Waals surface area contributed by atoms with Crippen molar-refractivity contribution in [3.05, 3.63) is 82.8 Å². The molecule has 6 rings (SSSR count). The Morgan fingerprint density at radius 2 is 1.79 bits per heavy atom. The zero-order chi connectivity index (χ0) is 27.0. The standard InChI is InChI=1S/C30H29FN6O2/c1-2-21-16-27(39)37(25-6-4-3-5-7-25)28-26(21)17-32-29(34-28)33-22-8-10-23(11-9-22)35-14-12-24(13-15-35)36-18-30(31,19-36)20-38/h1,3-11,16-17,24,38H,12-15,18-20H2,(H,32,33,34). The van der Waals surface area contributed by atoms with Crippen LogP contribution in [0, 0.1) is 12.3 Å². The Labute approximate surface area is 225 Å². The van der Waals surface area contributed by atoms with Gasteiger partial charge in [-0.15, -0.1) is 6.42 Å². The second-order valence-electron chi connectivity index (χ2n) is 10.2. The van der Waals surface area contributed by atoms with Crippen LogP contribution in [0.2, 0.25) is 0 Å². The van der Waals surface area contributed by atoms with E-state index >= 15 is 0 Å². The fraction of sp³-hybridized carbons (Fsp3) is 0.300. The van der Waals surface area contributed by atoms with Crippen molar-refractivity contribution in [3.63, 3.8) is 0 Å². The summed E-state index contributed by atoms with van der Waals surface area (Å²) in [5, 5.41) is 13.0. The molecule has 2 fully saturated rings. The number of fused-ring (bicyclic) bond motifs is 1. The average molecular weight is 525 g/mol. The fourth-order valence-corrected chi connectivity index (χ4v) is 5.52. The van der Waals surface area contributed by atoms with Gasteiger partial charge in [0.15, 0.2) is 11.3 Å². The number of anilines is 3. The van der Waals surface area contributed by atoms with Gasteiger partial charge in [0.25, 0.3) is 5.56 Å². The Morgan fingerprint density at radius 3 is 2.46 bits per heavy atom. The number of para-hydroxylation sites is 1. The molecule has 0 radical (unpaired) electrons. The number of nitrogens with one attached hydrogen (secondary N) is 1. The molecule has 2 aliphatic heterocycles. The van der Waals surface area contributed by atoms with Crippen molar-refractivity contribution in [1.82, 2.24) is 19.4 Å². The Kier molecular flexibility index (Phi) is 6.51. The topological polar surface area (TPSA) is 86.5 Å². The van der Waals surface area contributed by atoms with E-state index < -0.39 is 12.3 Å². The number of aliphatic hydroxyl groups excluding tert-OH is 1. The van der Waals surface area contributed by atoms with Crippen LogP contribution in [0.4, 0.5) is 21.7 Å². The largest absolute Gasteiger partial charge is 0.393 e. The van der Waals surface area contributed by atoms with Gasteiger partial charge in [0.1, 0.15) is 0 Å². The lowest BCUT2D eigenvalue weighted by molar-refractivity contribution is -0.0896. The minimum absolute atomic E-state index is 0.258. The lowest BCUT2D eigenvalue weighted by Crippen LogP contribution is -2.65. The predicted molar refractivity (Wildman–Crippen MR) is 151 cm³/mol. The van der Waals surface area contributed by atoms with Gasteiger partial charge in [-0.25, -0.2) is 9.37 Å². The number of piperidine rings is 1. The summed E-state index contributed by atoms with van der Waals surface area (Å²) in [4.78, 5) is 26.5. The third kappa shape index (κ3) is 4.85. The summed E-state index contributed by atoms with van der Waals surface area (Å²) in [7, 11) is 0. The van der Waals surface area contributed by atoms with Gasteiger partial charge in [-0.1, -0.05) is 24.1 Å². The number of alkyl halides is 1. The molecule has 2 aromatic carbocycles. The smallest absolute Gasteiger partial charge is 0.258 e. The maximum Gasteiger partial charge on any atom is 0.258 e. The van der Waals surface area contributed by atoms with Gasteiger partial charge >= 0.3 is 0 Å². The number of rotatable bonds is 6. The normalized spacial score (nSPS) is 17.5. The molecule has 0 aliphatic carbocycles. The highest BCUT2D eigenvalue weighted by atomic mass is 19.1. The molecule has 2 N–H and O–H groups in total. The third-order valence-electron chi connectivity index (χ3n) is 7.65. The summed E-state index contributed by atoms with van der Waals surface area (Å²) in [6, 6.07) is 19.2. The molecule has 0 amide bonds. The van der Waals surface area contributed by atoms with Crippen LogP contribution >= 0.6 is 0 Å². The van der Waals surface area contributed by atoms with Crippen molar-refractivity contribution in [2.24, 2.45) is 0 Å². The zero-order valence-electron chi connectivity index (χ0n) is 21.4. The van der Waals surface area contributed by atoms with E-state index in [2.05, 4.69) is 43.1 Å². The molecule has 0 saturated carbocycles. The lowest BCUT2D eigenvalue weighted by Gasteiger charge is -2.50. The van der Waals surface area contributed by atoms with Gasteiger partial charge in [0, 0.05) is 61.4 Å². The highest BCUT2D eigenvalue weighted by Gasteiger charge is 2.46. The summed E-state index contributed by atoms with van der Waals surface area (Å²) < 4.78 is 15.6. The highest BCUT2D eigenvalue weighted by molar-refractivity contribution is 5.84. The monoisotopic (exact) mass is 524 g/mol. The van der Waals surface area contributed by atoms with Gasteiger partial charge in [0.05, 0.1) is 17.7 Å². The molecule has 8 nitrogen and oxygen atoms in total. The van der Waals surface area contributed by atoms with Crippen molar-refractivity contribution in [3.8, 4) is 18.0 Å². The van der Waals surface area contributed by atoms with E-state index in [1.165, 1.54) is 10.6 Å². The van der Waals surface area contributed by atoms with E-state index in [1.807, 2.05) is 42.5 Å². The van der Waals surface area contributed by atoms with E-state index in [9.17, 15) is 9.18 Å². The number of pyridine rings is 1. The first-order valence-corrected chi connectivity index (χ1v) is 13.1. The Hall–Kier alpha value is -4.26. The third-order valence-corrected chi connectivity index (χ3v) is 7.65. The Bertz CT molecular complexity index is 1580. The number of hydrogen-bond donors (Lipinski definition) is 2. The summed E-state index contributed by atoms with van der Waals surface area (Å²) in [6.45, 7) is 2.06. The van der Waals surface area contributed by atoms with Crippen LogP contribution in [0.5, 0.6) is 0 Å². The second-order valence-corrected chi connectivity index (χ2v) is 10.2. The number of aliphatic hydroxyl groups is 1. The van der Waals surface area contributed by atoms with E-state index in [4.69, 9.17) is 11.5 Å². The molecule has 4 heterocycles. The molecule has 2 saturated heterocycles. The van der Waals surface area contributed by atoms with Crippen LogP contribution in [0.3, 0.4) is 0 Å². The van der Waals surface area contributed by atoms with Gasteiger partial charge in [0.2, 0.25) is 5.95 Å². The summed E-state index contributed by atoms with van der Waals surface area (Å²) in [5.41, 5.74) is 1.84. The molecule has 4 aromatic rings. The molecule has 39 heavy (non-hydrogen) atoms. The van der Waals surface area contributed by atoms with Gasteiger partial charge in [-0.05, 0) is 49.2 Å². The van der Waals surface area contributed by atoms with E-state index in [0.29, 0.717) is 47.4 Å². The molecule has 9 heteroatoms. The van der Waals surface area contributed by atoms with Gasteiger partial charge in [-0.2, -0.15) is 4.98 Å². The first-order chi connectivity index (χ1) is 19.0. The summed E-state index contributed by atoms with van der Waals surface area (Å²) in [6.07, 6.45) is 9.24. The highest BCUT2D eigenvalue weighted by Crippen LogP contribution is 2.32. The van der Waals surface area contributed by atoms with Crippen LogP contribution in [0.15, 0.2) is 71.7 Å².